The van der Waals surface area contributed by atoms with Crippen molar-refractivity contribution in [3.05, 3.63) is 0 Å². The third kappa shape index (κ3) is 3.72. The number of carboxylic acids is 1. The second kappa shape index (κ2) is 6.21. The predicted octanol–water partition coefficient (Wildman–Crippen LogP) is 2.67. The van der Waals surface area contributed by atoms with E-state index in [1.54, 1.807) is 4.90 Å². The van der Waals surface area contributed by atoms with Crippen molar-refractivity contribution < 1.29 is 14.7 Å². The molecule has 1 unspecified atom stereocenters. The van der Waals surface area contributed by atoms with Crippen molar-refractivity contribution in [2.75, 3.05) is 7.05 Å². The summed E-state index contributed by atoms with van der Waals surface area (Å²) >= 11 is 0. The summed E-state index contributed by atoms with van der Waals surface area (Å²) in [6.07, 6.45) is 5.29. The van der Waals surface area contributed by atoms with Gasteiger partial charge in [-0.05, 0) is 31.6 Å². The van der Waals surface area contributed by atoms with Crippen molar-refractivity contribution in [2.45, 2.75) is 64.8 Å². The van der Waals surface area contributed by atoms with Crippen LogP contribution < -0.4 is 0 Å². The highest BCUT2D eigenvalue weighted by atomic mass is 16.4. The van der Waals surface area contributed by atoms with Crippen molar-refractivity contribution in [1.29, 1.82) is 0 Å². The van der Waals surface area contributed by atoms with Crippen LogP contribution in [0.1, 0.15) is 58.8 Å². The number of amides is 1. The molecule has 1 saturated carbocycles. The Bertz CT molecular complexity index is 308. The summed E-state index contributed by atoms with van der Waals surface area (Å²) in [6.45, 7) is 4.08. The first-order valence-corrected chi connectivity index (χ1v) is 6.87. The van der Waals surface area contributed by atoms with Crippen LogP contribution in [0.3, 0.4) is 0 Å². The van der Waals surface area contributed by atoms with E-state index in [0.29, 0.717) is 6.42 Å². The van der Waals surface area contributed by atoms with E-state index in [0.717, 1.165) is 32.1 Å². The Kier molecular flexibility index (Phi) is 5.17. The number of hydrogen-bond acceptors (Lipinski definition) is 2. The van der Waals surface area contributed by atoms with Crippen molar-refractivity contribution in [1.82, 2.24) is 4.90 Å². The van der Waals surface area contributed by atoms with Crippen LogP contribution >= 0.6 is 0 Å². The lowest BCUT2D eigenvalue weighted by atomic mass is 9.79. The molecule has 0 radical (unpaired) electrons. The Morgan fingerprint density at radius 2 is 1.83 bits per heavy atom. The van der Waals surface area contributed by atoms with Gasteiger partial charge in [0.25, 0.3) is 0 Å². The second-order valence-electron chi connectivity index (χ2n) is 5.72. The van der Waals surface area contributed by atoms with Crippen LogP contribution in [0.5, 0.6) is 0 Å². The van der Waals surface area contributed by atoms with Gasteiger partial charge in [-0.25, -0.2) is 0 Å². The van der Waals surface area contributed by atoms with Gasteiger partial charge in [-0.1, -0.05) is 19.8 Å². The monoisotopic (exact) mass is 255 g/mol. The molecule has 1 atom stereocenters. The number of aliphatic carboxylic acids is 1. The molecule has 4 heteroatoms. The lowest BCUT2D eigenvalue weighted by Crippen LogP contribution is -2.38. The largest absolute Gasteiger partial charge is 0.481 e. The van der Waals surface area contributed by atoms with E-state index in [2.05, 4.69) is 6.92 Å². The van der Waals surface area contributed by atoms with E-state index in [1.165, 1.54) is 0 Å². The van der Waals surface area contributed by atoms with Gasteiger partial charge < -0.3 is 10.0 Å². The predicted molar refractivity (Wildman–Crippen MR) is 70.3 cm³/mol. The Morgan fingerprint density at radius 3 is 2.28 bits per heavy atom. The van der Waals surface area contributed by atoms with Crippen LogP contribution in [-0.2, 0) is 9.59 Å². The fraction of sp³-hybridized carbons (Fsp3) is 0.857. The van der Waals surface area contributed by atoms with Gasteiger partial charge in [-0.15, -0.1) is 0 Å². The number of carboxylic acid groups (broad SMARTS) is 1. The topological polar surface area (TPSA) is 57.6 Å². The molecule has 18 heavy (non-hydrogen) atoms. The Morgan fingerprint density at radius 1 is 1.28 bits per heavy atom. The van der Waals surface area contributed by atoms with Crippen LogP contribution in [0.25, 0.3) is 0 Å². The highest BCUT2D eigenvalue weighted by Crippen LogP contribution is 2.44. The molecule has 0 saturated heterocycles. The first kappa shape index (κ1) is 15.0. The molecule has 0 aromatic rings. The van der Waals surface area contributed by atoms with Gasteiger partial charge in [0.05, 0.1) is 6.42 Å². The highest BCUT2D eigenvalue weighted by Gasteiger charge is 2.38. The standard InChI is InChI=1S/C14H25NO3/c1-4-11(2)15(3)12(16)9-14(10-13(17)18)7-5-6-8-14/h11H,4-10H2,1-3H3,(H,17,18). The molecule has 0 aliphatic heterocycles. The van der Waals surface area contributed by atoms with Gasteiger partial charge in [0, 0.05) is 19.5 Å². The Hall–Kier alpha value is -1.06. The molecule has 1 fully saturated rings. The summed E-state index contributed by atoms with van der Waals surface area (Å²) in [5.41, 5.74) is -0.287. The van der Waals surface area contributed by atoms with E-state index in [4.69, 9.17) is 5.11 Å². The molecule has 1 aliphatic rings. The van der Waals surface area contributed by atoms with Crippen molar-refractivity contribution in [3.8, 4) is 0 Å². The highest BCUT2D eigenvalue weighted by molar-refractivity contribution is 5.78. The minimum absolute atomic E-state index is 0.0903. The molecule has 1 amide bonds. The minimum Gasteiger partial charge on any atom is -0.481 e. The SMILES string of the molecule is CCC(C)N(C)C(=O)CC1(CC(=O)O)CCCC1. The van der Waals surface area contributed by atoms with Crippen LogP contribution in [0.15, 0.2) is 0 Å². The zero-order chi connectivity index (χ0) is 13.8. The third-order valence-corrected chi connectivity index (χ3v) is 4.36. The normalized spacial score (nSPS) is 19.5. The van der Waals surface area contributed by atoms with Crippen LogP contribution in [0.2, 0.25) is 0 Å². The fourth-order valence-electron chi connectivity index (χ4n) is 2.83. The van der Waals surface area contributed by atoms with Crippen LogP contribution in [0.4, 0.5) is 0 Å². The molecule has 1 aliphatic carbocycles. The van der Waals surface area contributed by atoms with E-state index in [-0.39, 0.29) is 23.8 Å². The number of nitrogens with zero attached hydrogens (tertiary/aromatic N) is 1. The van der Waals surface area contributed by atoms with E-state index in [1.807, 2.05) is 14.0 Å². The van der Waals surface area contributed by atoms with Crippen molar-refractivity contribution in [3.63, 3.8) is 0 Å². The number of carbonyl (C=O) groups excluding carboxylic acids is 1. The molecule has 0 aromatic heterocycles. The Labute approximate surface area is 109 Å². The lowest BCUT2D eigenvalue weighted by molar-refractivity contribution is -0.141. The Balaban J connectivity index is 2.66. The molecule has 0 bridgehead atoms. The zero-order valence-electron chi connectivity index (χ0n) is 11.7. The van der Waals surface area contributed by atoms with Crippen molar-refractivity contribution >= 4 is 11.9 Å². The maximum Gasteiger partial charge on any atom is 0.303 e. The van der Waals surface area contributed by atoms with Gasteiger partial charge in [0.15, 0.2) is 0 Å². The van der Waals surface area contributed by atoms with Crippen molar-refractivity contribution in [2.24, 2.45) is 5.41 Å². The molecule has 104 valence electrons. The third-order valence-electron chi connectivity index (χ3n) is 4.36. The number of carbonyl (C=O) groups is 2. The molecular formula is C14H25NO3. The van der Waals surface area contributed by atoms with Gasteiger partial charge in [-0.3, -0.25) is 9.59 Å². The van der Waals surface area contributed by atoms with Gasteiger partial charge in [0.1, 0.15) is 0 Å². The summed E-state index contributed by atoms with van der Waals surface area (Å²) < 4.78 is 0. The summed E-state index contributed by atoms with van der Waals surface area (Å²) in [6, 6.07) is 0.223. The minimum atomic E-state index is -0.782. The van der Waals surface area contributed by atoms with E-state index < -0.39 is 5.97 Å². The molecule has 0 heterocycles. The maximum absolute atomic E-state index is 12.2. The van der Waals surface area contributed by atoms with Gasteiger partial charge in [0.2, 0.25) is 5.91 Å². The number of rotatable bonds is 6. The summed E-state index contributed by atoms with van der Waals surface area (Å²) in [7, 11) is 1.82. The van der Waals surface area contributed by atoms with E-state index >= 15 is 0 Å². The molecule has 0 spiro atoms. The van der Waals surface area contributed by atoms with E-state index in [9.17, 15) is 9.59 Å². The maximum atomic E-state index is 12.2. The summed E-state index contributed by atoms with van der Waals surface area (Å²) in [4.78, 5) is 25.0. The summed E-state index contributed by atoms with van der Waals surface area (Å²) in [5, 5.41) is 9.02. The fourth-order valence-corrected chi connectivity index (χ4v) is 2.83. The molecule has 1 rings (SSSR count). The number of hydrogen-bond donors (Lipinski definition) is 1. The average Bonchev–Trinajstić information content (AvgIpc) is 2.74. The first-order chi connectivity index (χ1) is 8.40. The summed E-state index contributed by atoms with van der Waals surface area (Å²) in [5.74, 6) is -0.691. The second-order valence-corrected chi connectivity index (χ2v) is 5.72. The molecular weight excluding hydrogens is 230 g/mol. The van der Waals surface area contributed by atoms with Crippen LogP contribution in [0, 0.1) is 5.41 Å². The molecule has 4 nitrogen and oxygen atoms in total. The lowest BCUT2D eigenvalue weighted by Gasteiger charge is -2.31. The average molecular weight is 255 g/mol. The van der Waals surface area contributed by atoms with Gasteiger partial charge >= 0.3 is 5.97 Å². The van der Waals surface area contributed by atoms with Gasteiger partial charge in [-0.2, -0.15) is 0 Å². The quantitative estimate of drug-likeness (QED) is 0.793. The molecule has 1 N–H and O–H groups in total. The first-order valence-electron chi connectivity index (χ1n) is 6.87. The smallest absolute Gasteiger partial charge is 0.303 e. The zero-order valence-corrected chi connectivity index (χ0v) is 11.7. The molecule has 0 aromatic carbocycles. The van der Waals surface area contributed by atoms with Crippen LogP contribution in [-0.4, -0.2) is 35.0 Å².